The van der Waals surface area contributed by atoms with Crippen molar-refractivity contribution < 1.29 is 9.53 Å². The minimum Gasteiger partial charge on any atom is -0.493 e. The minimum atomic E-state index is -0.135. The van der Waals surface area contributed by atoms with Crippen LogP contribution in [0.4, 0.5) is 0 Å². The van der Waals surface area contributed by atoms with E-state index in [9.17, 15) is 4.79 Å². The molecule has 0 saturated carbocycles. The third kappa shape index (κ3) is 6.34. The van der Waals surface area contributed by atoms with E-state index in [1.807, 2.05) is 54.6 Å². The fraction of sp³-hybridized carbons (Fsp3) is 0.263. The van der Waals surface area contributed by atoms with Crippen LogP contribution >= 0.6 is 0 Å². The number of nitrogens with one attached hydrogen (secondary N) is 1. The van der Waals surface area contributed by atoms with Gasteiger partial charge in [0.25, 0.3) is 0 Å². The number of carbonyl (C=O) groups is 1. The first-order chi connectivity index (χ1) is 11.1. The molecular formula is C19H22N2O2. The highest BCUT2D eigenvalue weighted by atomic mass is 16.5. The summed E-state index contributed by atoms with van der Waals surface area (Å²) in [5.74, 6) is 1.20. The lowest BCUT2D eigenvalue weighted by Gasteiger charge is -2.08. The quantitative estimate of drug-likeness (QED) is 0.629. The Balaban J connectivity index is 1.80. The van der Waals surface area contributed by atoms with Crippen LogP contribution in [0.25, 0.3) is 0 Å². The van der Waals surface area contributed by atoms with Gasteiger partial charge in [-0.15, -0.1) is 0 Å². The zero-order valence-electron chi connectivity index (χ0n) is 13.5. The summed E-state index contributed by atoms with van der Waals surface area (Å²) in [5.41, 5.74) is 4.40. The Labute approximate surface area is 137 Å². The van der Waals surface area contributed by atoms with Gasteiger partial charge in [-0.3, -0.25) is 4.79 Å². The molecule has 0 heterocycles. The molecule has 4 nitrogen and oxygen atoms in total. The summed E-state index contributed by atoms with van der Waals surface area (Å²) in [4.78, 5) is 11.8. The zero-order valence-corrected chi connectivity index (χ0v) is 13.5. The van der Waals surface area contributed by atoms with Crippen LogP contribution in [0.2, 0.25) is 0 Å². The van der Waals surface area contributed by atoms with Crippen LogP contribution in [0.15, 0.2) is 59.7 Å². The normalized spacial score (nSPS) is 10.9. The van der Waals surface area contributed by atoms with Gasteiger partial charge in [-0.05, 0) is 41.3 Å². The molecule has 0 spiro atoms. The minimum absolute atomic E-state index is 0.135. The monoisotopic (exact) mass is 310 g/mol. The molecule has 120 valence electrons. The third-order valence-corrected chi connectivity index (χ3v) is 3.07. The lowest BCUT2D eigenvalue weighted by Crippen LogP contribution is -2.19. The summed E-state index contributed by atoms with van der Waals surface area (Å²) >= 11 is 0. The number of hydrogen-bond donors (Lipinski definition) is 1. The lowest BCUT2D eigenvalue weighted by molar-refractivity contribution is -0.120. The maximum Gasteiger partial charge on any atom is 0.244 e. The van der Waals surface area contributed by atoms with Gasteiger partial charge in [-0.1, -0.05) is 44.2 Å². The molecule has 2 aromatic carbocycles. The van der Waals surface area contributed by atoms with Crippen molar-refractivity contribution in [1.82, 2.24) is 5.43 Å². The van der Waals surface area contributed by atoms with Crippen LogP contribution in [0.5, 0.6) is 5.75 Å². The molecule has 0 radical (unpaired) electrons. The van der Waals surface area contributed by atoms with Crippen molar-refractivity contribution in [1.29, 1.82) is 0 Å². The number of ether oxygens (including phenoxy) is 1. The van der Waals surface area contributed by atoms with Crippen molar-refractivity contribution >= 4 is 12.1 Å². The molecular weight excluding hydrogens is 288 g/mol. The van der Waals surface area contributed by atoms with Crippen LogP contribution in [0.1, 0.15) is 25.0 Å². The molecule has 0 bridgehead atoms. The van der Waals surface area contributed by atoms with Crippen molar-refractivity contribution in [2.45, 2.75) is 20.3 Å². The summed E-state index contributed by atoms with van der Waals surface area (Å²) in [7, 11) is 0. The first-order valence-corrected chi connectivity index (χ1v) is 7.72. The molecule has 1 N–H and O–H groups in total. The molecule has 2 rings (SSSR count). The number of amides is 1. The average molecular weight is 310 g/mol. The van der Waals surface area contributed by atoms with E-state index in [1.54, 1.807) is 6.21 Å². The van der Waals surface area contributed by atoms with Crippen molar-refractivity contribution in [3.8, 4) is 5.75 Å². The van der Waals surface area contributed by atoms with Crippen molar-refractivity contribution in [2.75, 3.05) is 6.61 Å². The van der Waals surface area contributed by atoms with E-state index in [-0.39, 0.29) is 5.91 Å². The zero-order chi connectivity index (χ0) is 16.5. The first kappa shape index (κ1) is 16.7. The summed E-state index contributed by atoms with van der Waals surface area (Å²) in [6.45, 7) is 4.92. The molecule has 0 saturated heterocycles. The molecule has 0 aliphatic rings. The summed E-state index contributed by atoms with van der Waals surface area (Å²) in [6, 6.07) is 17.2. The topological polar surface area (TPSA) is 50.7 Å². The molecule has 0 aliphatic carbocycles. The molecule has 0 fully saturated rings. The van der Waals surface area contributed by atoms with Crippen LogP contribution in [0.3, 0.4) is 0 Å². The van der Waals surface area contributed by atoms with Crippen molar-refractivity contribution in [2.24, 2.45) is 11.0 Å². The van der Waals surface area contributed by atoms with Gasteiger partial charge >= 0.3 is 0 Å². The Hall–Kier alpha value is -2.62. The highest BCUT2D eigenvalue weighted by Gasteiger charge is 2.01. The number of hydrazone groups is 1. The molecule has 1 amide bonds. The van der Waals surface area contributed by atoms with Crippen molar-refractivity contribution in [3.05, 3.63) is 65.7 Å². The molecule has 0 aliphatic heterocycles. The van der Waals surface area contributed by atoms with Crippen LogP contribution in [0, 0.1) is 5.92 Å². The van der Waals surface area contributed by atoms with E-state index in [1.165, 1.54) is 0 Å². The highest BCUT2D eigenvalue weighted by molar-refractivity contribution is 5.83. The highest BCUT2D eigenvalue weighted by Crippen LogP contribution is 2.12. The van der Waals surface area contributed by atoms with Crippen LogP contribution in [-0.4, -0.2) is 18.7 Å². The van der Waals surface area contributed by atoms with Gasteiger partial charge < -0.3 is 4.74 Å². The number of benzene rings is 2. The fourth-order valence-electron chi connectivity index (χ4n) is 1.91. The smallest absolute Gasteiger partial charge is 0.244 e. The number of nitrogens with zero attached hydrogens (tertiary/aromatic N) is 1. The van der Waals surface area contributed by atoms with E-state index in [0.717, 1.165) is 16.9 Å². The Bertz CT molecular complexity index is 634. The summed E-state index contributed by atoms with van der Waals surface area (Å²) in [6.07, 6.45) is 1.94. The Morgan fingerprint density at radius 3 is 2.48 bits per heavy atom. The van der Waals surface area contributed by atoms with Gasteiger partial charge in [0.05, 0.1) is 19.2 Å². The molecule has 0 unspecified atom stereocenters. The van der Waals surface area contributed by atoms with Crippen LogP contribution < -0.4 is 10.2 Å². The number of carbonyl (C=O) groups excluding carboxylic acids is 1. The standard InChI is InChI=1S/C19H22N2O2/c1-15(2)14-23-18-10-8-17(9-11-18)13-20-21-19(22)12-16-6-4-3-5-7-16/h3-11,13,15H,12,14H2,1-2H3,(H,21,22)/b20-13-. The number of hydrogen-bond acceptors (Lipinski definition) is 3. The number of rotatable bonds is 7. The van der Waals surface area contributed by atoms with E-state index in [4.69, 9.17) is 4.74 Å². The van der Waals surface area contributed by atoms with Gasteiger partial charge in [0.2, 0.25) is 5.91 Å². The molecule has 4 heteroatoms. The Kier molecular flexibility index (Phi) is 6.36. The summed E-state index contributed by atoms with van der Waals surface area (Å²) < 4.78 is 5.62. The second kappa shape index (κ2) is 8.73. The summed E-state index contributed by atoms with van der Waals surface area (Å²) in [5, 5.41) is 3.98. The van der Waals surface area contributed by atoms with Crippen molar-refractivity contribution in [3.63, 3.8) is 0 Å². The predicted octanol–water partition coefficient (Wildman–Crippen LogP) is 3.41. The van der Waals surface area contributed by atoms with E-state index < -0.39 is 0 Å². The van der Waals surface area contributed by atoms with Gasteiger partial charge in [-0.25, -0.2) is 5.43 Å². The maximum atomic E-state index is 11.8. The van der Waals surface area contributed by atoms with Gasteiger partial charge in [0, 0.05) is 0 Å². The molecule has 0 atom stereocenters. The second-order valence-electron chi connectivity index (χ2n) is 5.73. The average Bonchev–Trinajstić information content (AvgIpc) is 2.55. The SMILES string of the molecule is CC(C)COc1ccc(/C=N\NC(=O)Cc2ccccc2)cc1. The Morgan fingerprint density at radius 2 is 1.83 bits per heavy atom. The predicted molar refractivity (Wildman–Crippen MR) is 92.7 cm³/mol. The van der Waals surface area contributed by atoms with Gasteiger partial charge in [0.1, 0.15) is 5.75 Å². The third-order valence-electron chi connectivity index (χ3n) is 3.07. The maximum absolute atomic E-state index is 11.8. The molecule has 23 heavy (non-hydrogen) atoms. The fourth-order valence-corrected chi connectivity index (χ4v) is 1.91. The molecule has 0 aromatic heterocycles. The van der Waals surface area contributed by atoms with E-state index in [2.05, 4.69) is 24.4 Å². The van der Waals surface area contributed by atoms with Crippen LogP contribution in [-0.2, 0) is 11.2 Å². The largest absolute Gasteiger partial charge is 0.493 e. The van der Waals surface area contributed by atoms with E-state index in [0.29, 0.717) is 18.9 Å². The van der Waals surface area contributed by atoms with Gasteiger partial charge in [-0.2, -0.15) is 5.10 Å². The van der Waals surface area contributed by atoms with E-state index >= 15 is 0 Å². The Morgan fingerprint density at radius 1 is 1.13 bits per heavy atom. The van der Waals surface area contributed by atoms with Gasteiger partial charge in [0.15, 0.2) is 0 Å². The lowest BCUT2D eigenvalue weighted by atomic mass is 10.1. The second-order valence-corrected chi connectivity index (χ2v) is 5.73. The molecule has 2 aromatic rings. The first-order valence-electron chi connectivity index (χ1n) is 7.72.